The van der Waals surface area contributed by atoms with Gasteiger partial charge in [-0.25, -0.2) is 0 Å². The number of phenols is 1. The maximum absolute atomic E-state index is 13.5. The fourth-order valence-electron chi connectivity index (χ4n) is 5.80. The van der Waals surface area contributed by atoms with Crippen LogP contribution in [0.4, 0.5) is 0 Å². The Kier molecular flexibility index (Phi) is 9.57. The lowest BCUT2D eigenvalue weighted by molar-refractivity contribution is -0.316. The van der Waals surface area contributed by atoms with Gasteiger partial charge in [0, 0.05) is 12.8 Å². The van der Waals surface area contributed by atoms with E-state index in [2.05, 4.69) is 0 Å². The molecule has 1 aromatic carbocycles. The number of Topliss-reactive ketones (excluding diaryl/α,β-unsaturated/α-hetero) is 1. The first-order valence-electron chi connectivity index (χ1n) is 13.8. The van der Waals surface area contributed by atoms with E-state index in [-0.39, 0.29) is 29.7 Å². The Morgan fingerprint density at radius 1 is 0.791 bits per heavy atom. The van der Waals surface area contributed by atoms with Crippen molar-refractivity contribution in [1.82, 2.24) is 0 Å². The molecule has 3 aliphatic heterocycles. The van der Waals surface area contributed by atoms with E-state index in [0.29, 0.717) is 0 Å². The van der Waals surface area contributed by atoms with Crippen molar-refractivity contribution in [1.29, 1.82) is 0 Å². The first-order valence-corrected chi connectivity index (χ1v) is 13.8. The normalized spacial score (nSPS) is 43.4. The van der Waals surface area contributed by atoms with E-state index in [4.69, 9.17) is 23.7 Å². The molecular formula is C27H36O16. The van der Waals surface area contributed by atoms with Gasteiger partial charge >= 0.3 is 0 Å². The number of allylic oxidation sites excluding steroid dienone is 1. The first kappa shape index (κ1) is 32.0. The molecule has 240 valence electrons. The number of fused-ring (bicyclic) bond motifs is 1. The number of carbonyl (C=O) groups excluding carboxylic acids is 1. The van der Waals surface area contributed by atoms with Gasteiger partial charge < -0.3 is 74.7 Å². The van der Waals surface area contributed by atoms with E-state index in [1.165, 1.54) is 24.5 Å². The molecule has 0 bridgehead atoms. The Balaban J connectivity index is 1.29. The zero-order valence-electron chi connectivity index (χ0n) is 22.6. The zero-order valence-corrected chi connectivity index (χ0v) is 22.6. The molecule has 1 aliphatic carbocycles. The van der Waals surface area contributed by atoms with Gasteiger partial charge in [-0.2, -0.15) is 0 Å². The SMILES string of the molecule is O=C1C(c2ccc(O)c(OC3OC(CO)C(O)C(O)C3O)c2)=COC2CC(OC3OC(CO)C(O)C(O)C3O)CC(O)C12. The molecule has 43 heavy (non-hydrogen) atoms. The van der Waals surface area contributed by atoms with Gasteiger partial charge in [0.2, 0.25) is 6.29 Å². The highest BCUT2D eigenvalue weighted by Crippen LogP contribution is 2.40. The summed E-state index contributed by atoms with van der Waals surface area (Å²) in [5.74, 6) is -2.16. The molecule has 2 saturated heterocycles. The number of hydrogen-bond donors (Lipinski definition) is 10. The first-order chi connectivity index (χ1) is 20.4. The van der Waals surface area contributed by atoms with E-state index in [1.807, 2.05) is 0 Å². The predicted molar refractivity (Wildman–Crippen MR) is 138 cm³/mol. The largest absolute Gasteiger partial charge is 0.504 e. The third-order valence-electron chi connectivity index (χ3n) is 8.28. The zero-order chi connectivity index (χ0) is 31.2. The molecule has 16 nitrogen and oxygen atoms in total. The number of carbonyl (C=O) groups is 1. The third kappa shape index (κ3) is 6.11. The van der Waals surface area contributed by atoms with Gasteiger partial charge in [-0.05, 0) is 17.7 Å². The smallest absolute Gasteiger partial charge is 0.229 e. The van der Waals surface area contributed by atoms with Gasteiger partial charge in [0.15, 0.2) is 23.6 Å². The second-order valence-corrected chi connectivity index (χ2v) is 11.1. The number of benzene rings is 1. The van der Waals surface area contributed by atoms with Gasteiger partial charge in [-0.1, -0.05) is 6.07 Å². The molecule has 1 aromatic rings. The number of aromatic hydroxyl groups is 1. The Bertz CT molecular complexity index is 1170. The average molecular weight is 617 g/mol. The van der Waals surface area contributed by atoms with Crippen molar-refractivity contribution in [2.75, 3.05) is 13.2 Å². The number of ether oxygens (including phenoxy) is 5. The summed E-state index contributed by atoms with van der Waals surface area (Å²) >= 11 is 0. The van der Waals surface area contributed by atoms with Crippen LogP contribution in [-0.4, -0.2) is 150 Å². The second-order valence-electron chi connectivity index (χ2n) is 11.1. The summed E-state index contributed by atoms with van der Waals surface area (Å²) < 4.78 is 27.8. The molecule has 0 radical (unpaired) electrons. The van der Waals surface area contributed by atoms with Gasteiger partial charge in [0.1, 0.15) is 54.9 Å². The molecule has 0 amide bonds. The minimum absolute atomic E-state index is 0.0345. The lowest BCUT2D eigenvalue weighted by Gasteiger charge is -2.44. The van der Waals surface area contributed by atoms with Crippen LogP contribution < -0.4 is 4.74 Å². The van der Waals surface area contributed by atoms with Gasteiger partial charge in [0.25, 0.3) is 0 Å². The molecule has 3 heterocycles. The van der Waals surface area contributed by atoms with E-state index in [0.717, 1.165) is 0 Å². The number of aliphatic hydroxyl groups excluding tert-OH is 9. The van der Waals surface area contributed by atoms with Crippen LogP contribution in [0.15, 0.2) is 24.5 Å². The minimum atomic E-state index is -1.74. The van der Waals surface area contributed by atoms with Crippen molar-refractivity contribution in [2.24, 2.45) is 5.92 Å². The summed E-state index contributed by atoms with van der Waals surface area (Å²) in [7, 11) is 0. The van der Waals surface area contributed by atoms with Crippen LogP contribution in [0.5, 0.6) is 11.5 Å². The van der Waals surface area contributed by atoms with Gasteiger partial charge in [0.05, 0.1) is 43.2 Å². The summed E-state index contributed by atoms with van der Waals surface area (Å²) in [6, 6.07) is 3.85. The van der Waals surface area contributed by atoms with Crippen molar-refractivity contribution in [3.63, 3.8) is 0 Å². The van der Waals surface area contributed by atoms with Gasteiger partial charge in [-0.15, -0.1) is 0 Å². The lowest BCUT2D eigenvalue weighted by atomic mass is 9.76. The summed E-state index contributed by atoms with van der Waals surface area (Å²) in [6.45, 7) is -1.32. The van der Waals surface area contributed by atoms with Crippen LogP contribution >= 0.6 is 0 Å². The fourth-order valence-corrected chi connectivity index (χ4v) is 5.80. The van der Waals surface area contributed by atoms with Crippen molar-refractivity contribution < 1.29 is 79.5 Å². The van der Waals surface area contributed by atoms with Crippen LogP contribution in [0.25, 0.3) is 5.57 Å². The summed E-state index contributed by atoms with van der Waals surface area (Å²) in [6.07, 6.45) is -17.0. The Labute approximate surface area is 244 Å². The average Bonchev–Trinajstić information content (AvgIpc) is 2.98. The van der Waals surface area contributed by atoms with E-state index >= 15 is 0 Å². The molecule has 14 atom stereocenters. The predicted octanol–water partition coefficient (Wildman–Crippen LogP) is -4.16. The molecule has 1 saturated carbocycles. The highest BCUT2D eigenvalue weighted by atomic mass is 16.7. The van der Waals surface area contributed by atoms with Gasteiger partial charge in [-0.3, -0.25) is 4.79 Å². The number of phenolic OH excluding ortho intramolecular Hbond substituents is 1. The van der Waals surface area contributed by atoms with Crippen LogP contribution in [0, 0.1) is 5.92 Å². The number of aliphatic hydroxyl groups is 9. The Morgan fingerprint density at radius 2 is 1.40 bits per heavy atom. The highest BCUT2D eigenvalue weighted by molar-refractivity contribution is 6.22. The van der Waals surface area contributed by atoms with Crippen LogP contribution in [0.1, 0.15) is 18.4 Å². The maximum Gasteiger partial charge on any atom is 0.229 e. The standard InChI is InChI=1S/C27H36O16/c28-6-16-20(33)22(35)24(37)26(42-16)40-10-4-13(31)18-15(5-10)39-8-11(19(18)32)9-1-2-12(30)14(3-9)41-27-25(38)23(36)21(34)17(7-29)43-27/h1-3,8,10,13,15-18,20-31,33-38H,4-7H2. The molecule has 3 fully saturated rings. The summed E-state index contributed by atoms with van der Waals surface area (Å²) in [4.78, 5) is 13.5. The highest BCUT2D eigenvalue weighted by Gasteiger charge is 2.50. The molecule has 5 rings (SSSR count). The van der Waals surface area contributed by atoms with Crippen LogP contribution in [0.3, 0.4) is 0 Å². The molecule has 4 aliphatic rings. The number of ketones is 1. The van der Waals surface area contributed by atoms with E-state index in [9.17, 15) is 55.9 Å². The molecular weight excluding hydrogens is 580 g/mol. The Hall–Kier alpha value is -2.45. The molecule has 10 N–H and O–H groups in total. The van der Waals surface area contributed by atoms with Crippen LogP contribution in [0.2, 0.25) is 0 Å². The second kappa shape index (κ2) is 12.9. The third-order valence-corrected chi connectivity index (χ3v) is 8.28. The monoisotopic (exact) mass is 616 g/mol. The maximum atomic E-state index is 13.5. The van der Waals surface area contributed by atoms with Crippen molar-refractivity contribution in [3.05, 3.63) is 30.0 Å². The fraction of sp³-hybridized carbons (Fsp3) is 0.667. The quantitative estimate of drug-likeness (QED) is 0.139. The Morgan fingerprint density at radius 3 is 2.02 bits per heavy atom. The lowest BCUT2D eigenvalue weighted by Crippen LogP contribution is -2.60. The van der Waals surface area contributed by atoms with Crippen LogP contribution in [-0.2, 0) is 23.7 Å². The van der Waals surface area contributed by atoms with Crippen molar-refractivity contribution in [2.45, 2.75) is 92.6 Å². The van der Waals surface area contributed by atoms with E-state index in [1.54, 1.807) is 0 Å². The van der Waals surface area contributed by atoms with E-state index < -0.39 is 110 Å². The molecule has 16 heteroatoms. The topological polar surface area (TPSA) is 266 Å². The number of hydrogen-bond acceptors (Lipinski definition) is 16. The minimum Gasteiger partial charge on any atom is -0.504 e. The summed E-state index contributed by atoms with van der Waals surface area (Å²) in [5, 5.41) is 101. The summed E-state index contributed by atoms with van der Waals surface area (Å²) in [5.41, 5.74) is 0.250. The molecule has 0 aromatic heterocycles. The molecule has 14 unspecified atom stereocenters. The number of rotatable bonds is 7. The van der Waals surface area contributed by atoms with Crippen molar-refractivity contribution >= 4 is 11.4 Å². The van der Waals surface area contributed by atoms with Crippen molar-refractivity contribution in [3.8, 4) is 11.5 Å². The molecule has 0 spiro atoms.